The number of ether oxygens (including phenoxy) is 1. The van der Waals surface area contributed by atoms with Gasteiger partial charge < -0.3 is 4.74 Å². The molecular weight excluding hydrogens is 174 g/mol. The lowest BCUT2D eigenvalue weighted by Crippen LogP contribution is -1.88. The number of halogens is 1. The van der Waals surface area contributed by atoms with Crippen molar-refractivity contribution in [3.63, 3.8) is 0 Å². The molecule has 0 fully saturated rings. The molecule has 1 aromatic heterocycles. The second-order valence-corrected chi connectivity index (χ2v) is 2.28. The lowest BCUT2D eigenvalue weighted by molar-refractivity contribution is 0.413. The lowest BCUT2D eigenvalue weighted by Gasteiger charge is -1.99. The first-order chi connectivity index (χ1) is 5.88. The number of pyridine rings is 1. The van der Waals surface area contributed by atoms with Gasteiger partial charge in [-0.15, -0.1) is 11.6 Å². The van der Waals surface area contributed by atoms with Crippen LogP contribution in [0.4, 0.5) is 0 Å². The zero-order valence-corrected chi connectivity index (χ0v) is 7.43. The Morgan fingerprint density at radius 3 is 3.17 bits per heavy atom. The van der Waals surface area contributed by atoms with Gasteiger partial charge in [0.15, 0.2) is 0 Å². The molecule has 1 aromatic rings. The molecule has 0 aliphatic heterocycles. The molecule has 2 nitrogen and oxygen atoms in total. The van der Waals surface area contributed by atoms with Gasteiger partial charge in [0.2, 0.25) is 0 Å². The average Bonchev–Trinajstić information content (AvgIpc) is 2.15. The molecule has 0 saturated heterocycles. The zero-order valence-electron chi connectivity index (χ0n) is 6.67. The molecule has 0 N–H and O–H groups in total. The van der Waals surface area contributed by atoms with Crippen molar-refractivity contribution in [1.29, 1.82) is 0 Å². The molecule has 0 aromatic carbocycles. The van der Waals surface area contributed by atoms with Crippen LogP contribution in [0, 0.1) is 11.8 Å². The molecule has 0 atom stereocenters. The van der Waals surface area contributed by atoms with Crippen molar-refractivity contribution in [2.45, 2.75) is 0 Å². The number of hydrogen-bond acceptors (Lipinski definition) is 2. The minimum absolute atomic E-state index is 0.318. The van der Waals surface area contributed by atoms with Gasteiger partial charge in [-0.05, 0) is 6.07 Å². The molecule has 1 heterocycles. The average molecular weight is 182 g/mol. The van der Waals surface area contributed by atoms with Crippen LogP contribution >= 0.6 is 11.6 Å². The molecule has 3 heteroatoms. The highest BCUT2D eigenvalue weighted by Crippen LogP contribution is 2.13. The fourth-order valence-electron chi connectivity index (χ4n) is 0.782. The van der Waals surface area contributed by atoms with Gasteiger partial charge in [0.1, 0.15) is 5.75 Å². The molecule has 0 spiro atoms. The van der Waals surface area contributed by atoms with Crippen molar-refractivity contribution in [3.05, 3.63) is 24.0 Å². The SMILES string of the molecule is COc1ccncc1C#CCCl. The summed E-state index contributed by atoms with van der Waals surface area (Å²) in [6, 6.07) is 1.76. The van der Waals surface area contributed by atoms with Crippen molar-refractivity contribution in [2.24, 2.45) is 0 Å². The van der Waals surface area contributed by atoms with Crippen LogP contribution in [0.2, 0.25) is 0 Å². The molecule has 0 radical (unpaired) electrons. The smallest absolute Gasteiger partial charge is 0.137 e. The third-order valence-electron chi connectivity index (χ3n) is 1.29. The highest BCUT2D eigenvalue weighted by atomic mass is 35.5. The Balaban J connectivity index is 2.97. The number of rotatable bonds is 1. The maximum Gasteiger partial charge on any atom is 0.137 e. The van der Waals surface area contributed by atoms with Crippen LogP contribution in [-0.4, -0.2) is 18.0 Å². The van der Waals surface area contributed by atoms with Crippen LogP contribution in [0.5, 0.6) is 5.75 Å². The summed E-state index contributed by atoms with van der Waals surface area (Å²) in [5.41, 5.74) is 0.764. The van der Waals surface area contributed by atoms with Crippen molar-refractivity contribution in [2.75, 3.05) is 13.0 Å². The van der Waals surface area contributed by atoms with E-state index in [1.165, 1.54) is 0 Å². The summed E-state index contributed by atoms with van der Waals surface area (Å²) in [6.07, 6.45) is 3.31. The first kappa shape index (κ1) is 8.89. The molecular formula is C9H8ClNO. The van der Waals surface area contributed by atoms with E-state index in [1.807, 2.05) is 0 Å². The number of aromatic nitrogens is 1. The maximum atomic E-state index is 5.41. The van der Waals surface area contributed by atoms with Gasteiger partial charge in [0, 0.05) is 12.4 Å². The predicted octanol–water partition coefficient (Wildman–Crippen LogP) is 1.68. The van der Waals surface area contributed by atoms with Gasteiger partial charge in [-0.25, -0.2) is 0 Å². The number of nitrogens with zero attached hydrogens (tertiary/aromatic N) is 1. The van der Waals surface area contributed by atoms with Crippen LogP contribution in [0.15, 0.2) is 18.5 Å². The van der Waals surface area contributed by atoms with E-state index in [1.54, 1.807) is 25.6 Å². The largest absolute Gasteiger partial charge is 0.495 e. The van der Waals surface area contributed by atoms with Crippen molar-refractivity contribution >= 4 is 11.6 Å². The summed E-state index contributed by atoms with van der Waals surface area (Å²) in [6.45, 7) is 0. The number of methoxy groups -OCH3 is 1. The van der Waals surface area contributed by atoms with E-state index in [2.05, 4.69) is 16.8 Å². The van der Waals surface area contributed by atoms with Gasteiger partial charge in [-0.2, -0.15) is 0 Å². The maximum absolute atomic E-state index is 5.41. The Labute approximate surface area is 76.5 Å². The van der Waals surface area contributed by atoms with Crippen LogP contribution in [-0.2, 0) is 0 Å². The normalized spacial score (nSPS) is 8.50. The first-order valence-corrected chi connectivity index (χ1v) is 3.94. The van der Waals surface area contributed by atoms with Gasteiger partial charge in [-0.1, -0.05) is 11.8 Å². The Bertz CT molecular complexity index is 314. The highest BCUT2D eigenvalue weighted by Gasteiger charge is 1.96. The Hall–Kier alpha value is -1.20. The minimum Gasteiger partial charge on any atom is -0.495 e. The Morgan fingerprint density at radius 1 is 1.67 bits per heavy atom. The van der Waals surface area contributed by atoms with Crippen LogP contribution in [0.3, 0.4) is 0 Å². The van der Waals surface area contributed by atoms with E-state index in [0.717, 1.165) is 11.3 Å². The molecule has 1 rings (SSSR count). The van der Waals surface area contributed by atoms with Crippen LogP contribution < -0.4 is 4.74 Å². The third-order valence-corrected chi connectivity index (χ3v) is 1.42. The summed E-state index contributed by atoms with van der Waals surface area (Å²) < 4.78 is 5.06. The van der Waals surface area contributed by atoms with Crippen LogP contribution in [0.25, 0.3) is 0 Å². The van der Waals surface area contributed by atoms with Gasteiger partial charge in [-0.3, -0.25) is 4.98 Å². The van der Waals surface area contributed by atoms with Crippen molar-refractivity contribution in [1.82, 2.24) is 4.98 Å². The standard InChI is InChI=1S/C9H8ClNO/c1-12-9-4-6-11-7-8(9)3-2-5-10/h4,6-7H,5H2,1H3. The minimum atomic E-state index is 0.318. The van der Waals surface area contributed by atoms with E-state index in [4.69, 9.17) is 16.3 Å². The van der Waals surface area contributed by atoms with E-state index in [9.17, 15) is 0 Å². The fourth-order valence-corrected chi connectivity index (χ4v) is 0.849. The van der Waals surface area contributed by atoms with Gasteiger partial charge >= 0.3 is 0 Å². The summed E-state index contributed by atoms with van der Waals surface area (Å²) in [5.74, 6) is 6.62. The molecule has 12 heavy (non-hydrogen) atoms. The van der Waals surface area contributed by atoms with Crippen molar-refractivity contribution in [3.8, 4) is 17.6 Å². The molecule has 0 amide bonds. The summed E-state index contributed by atoms with van der Waals surface area (Å²) >= 11 is 5.41. The monoisotopic (exact) mass is 181 g/mol. The molecule has 0 unspecified atom stereocenters. The Morgan fingerprint density at radius 2 is 2.50 bits per heavy atom. The topological polar surface area (TPSA) is 22.1 Å². The first-order valence-electron chi connectivity index (χ1n) is 3.41. The summed E-state index contributed by atoms with van der Waals surface area (Å²) in [4.78, 5) is 3.92. The lowest BCUT2D eigenvalue weighted by atomic mass is 10.2. The predicted molar refractivity (Wildman–Crippen MR) is 48.4 cm³/mol. The second-order valence-electron chi connectivity index (χ2n) is 2.01. The molecule has 0 bridgehead atoms. The number of hydrogen-bond donors (Lipinski definition) is 0. The molecule has 0 saturated carbocycles. The van der Waals surface area contributed by atoms with Gasteiger partial charge in [0.25, 0.3) is 0 Å². The molecule has 0 aliphatic carbocycles. The highest BCUT2D eigenvalue weighted by molar-refractivity contribution is 6.19. The second kappa shape index (κ2) is 4.63. The van der Waals surface area contributed by atoms with Gasteiger partial charge in [0.05, 0.1) is 18.6 Å². The van der Waals surface area contributed by atoms with E-state index in [-0.39, 0.29) is 0 Å². The van der Waals surface area contributed by atoms with E-state index in [0.29, 0.717) is 5.88 Å². The van der Waals surface area contributed by atoms with E-state index >= 15 is 0 Å². The number of alkyl halides is 1. The Kier molecular flexibility index (Phi) is 3.43. The quantitative estimate of drug-likeness (QED) is 0.486. The zero-order chi connectivity index (χ0) is 8.81. The van der Waals surface area contributed by atoms with Crippen molar-refractivity contribution < 1.29 is 4.74 Å². The summed E-state index contributed by atoms with van der Waals surface area (Å²) in [5, 5.41) is 0. The summed E-state index contributed by atoms with van der Waals surface area (Å²) in [7, 11) is 1.60. The molecule has 0 aliphatic rings. The fraction of sp³-hybridized carbons (Fsp3) is 0.222. The van der Waals surface area contributed by atoms with Crippen LogP contribution in [0.1, 0.15) is 5.56 Å². The third kappa shape index (κ3) is 2.14. The van der Waals surface area contributed by atoms with E-state index < -0.39 is 0 Å². The molecule has 62 valence electrons.